The summed E-state index contributed by atoms with van der Waals surface area (Å²) in [5.74, 6) is -0.980. The first-order valence-corrected chi connectivity index (χ1v) is 7.14. The van der Waals surface area contributed by atoms with Crippen LogP contribution in [0.15, 0.2) is 22.7 Å². The maximum Gasteiger partial charge on any atom is 0.290 e. The van der Waals surface area contributed by atoms with E-state index in [0.29, 0.717) is 23.6 Å². The van der Waals surface area contributed by atoms with Gasteiger partial charge in [0.2, 0.25) is 5.89 Å². The predicted molar refractivity (Wildman–Crippen MR) is 76.3 cm³/mol. The fourth-order valence-electron chi connectivity index (χ4n) is 2.79. The molecule has 0 unspecified atom stereocenters. The van der Waals surface area contributed by atoms with E-state index in [1.54, 1.807) is 0 Å². The number of carbonyl (C=O) groups excluding carboxylic acids is 1. The van der Waals surface area contributed by atoms with Gasteiger partial charge in [-0.3, -0.25) is 9.69 Å². The Morgan fingerprint density at radius 1 is 1.57 bits per heavy atom. The first-order chi connectivity index (χ1) is 11.1. The monoisotopic (exact) mass is 315 g/mol. The first kappa shape index (κ1) is 15.1. The van der Waals surface area contributed by atoms with Gasteiger partial charge in [0, 0.05) is 6.54 Å². The molecule has 1 aliphatic heterocycles. The molecule has 3 rings (SSSR count). The number of primary amides is 1. The van der Waals surface area contributed by atoms with Crippen molar-refractivity contribution in [3.8, 4) is 6.07 Å². The van der Waals surface area contributed by atoms with Crippen LogP contribution in [0.1, 0.15) is 46.5 Å². The van der Waals surface area contributed by atoms with E-state index in [2.05, 4.69) is 16.2 Å². The largest absolute Gasteiger partial charge is 0.363 e. The Kier molecular flexibility index (Phi) is 4.04. The fourth-order valence-corrected chi connectivity index (χ4v) is 2.79. The average Bonchev–Trinajstić information content (AvgIpc) is 3.16. The fraction of sp³-hybridized carbons (Fsp3) is 0.333. The van der Waals surface area contributed by atoms with Crippen molar-refractivity contribution in [1.82, 2.24) is 15.0 Å². The second-order valence-electron chi connectivity index (χ2n) is 5.36. The zero-order valence-corrected chi connectivity index (χ0v) is 12.2. The van der Waals surface area contributed by atoms with Crippen LogP contribution in [0.5, 0.6) is 0 Å². The molecule has 1 aromatic heterocycles. The van der Waals surface area contributed by atoms with E-state index in [1.807, 2.05) is 4.90 Å². The molecule has 1 fully saturated rings. The number of likely N-dealkylation sites (tertiary alicyclic amines) is 1. The number of nitrogens with two attached hydrogens (primary N) is 1. The summed E-state index contributed by atoms with van der Waals surface area (Å²) in [7, 11) is 0. The molecule has 8 heteroatoms. The number of rotatable bonds is 4. The van der Waals surface area contributed by atoms with Crippen LogP contribution >= 0.6 is 0 Å². The topological polar surface area (TPSA) is 109 Å². The van der Waals surface area contributed by atoms with Gasteiger partial charge in [-0.2, -0.15) is 10.2 Å². The molecule has 118 valence electrons. The van der Waals surface area contributed by atoms with Gasteiger partial charge in [-0.15, -0.1) is 0 Å². The lowest BCUT2D eigenvalue weighted by Crippen LogP contribution is -2.24. The van der Waals surface area contributed by atoms with E-state index in [4.69, 9.17) is 15.5 Å². The van der Waals surface area contributed by atoms with Gasteiger partial charge >= 0.3 is 0 Å². The van der Waals surface area contributed by atoms with E-state index < -0.39 is 5.91 Å². The predicted octanol–water partition coefficient (Wildman–Crippen LogP) is 1.52. The molecular formula is C15H14FN5O2. The maximum atomic E-state index is 13.4. The number of aromatic nitrogens is 2. The third kappa shape index (κ3) is 3.05. The summed E-state index contributed by atoms with van der Waals surface area (Å²) in [6, 6.07) is 5.98. The highest BCUT2D eigenvalue weighted by molar-refractivity contribution is 5.88. The van der Waals surface area contributed by atoms with Gasteiger partial charge in [0.1, 0.15) is 5.82 Å². The molecule has 23 heavy (non-hydrogen) atoms. The highest BCUT2D eigenvalue weighted by Crippen LogP contribution is 2.32. The Hall–Kier alpha value is -2.79. The molecule has 0 radical (unpaired) electrons. The number of hydrogen-bond acceptors (Lipinski definition) is 6. The SMILES string of the molecule is N#Cc1ccc(F)cc1CN1CCC[C@H]1c1nc(C(N)=O)no1. The zero-order valence-electron chi connectivity index (χ0n) is 12.2. The number of carbonyl (C=O) groups is 1. The van der Waals surface area contributed by atoms with Crippen LogP contribution in [-0.4, -0.2) is 27.5 Å². The second kappa shape index (κ2) is 6.14. The highest BCUT2D eigenvalue weighted by atomic mass is 19.1. The molecule has 2 N–H and O–H groups in total. The van der Waals surface area contributed by atoms with Gasteiger partial charge in [0.05, 0.1) is 17.7 Å². The number of halogens is 1. The minimum atomic E-state index is -0.749. The normalized spacial score (nSPS) is 18.0. The van der Waals surface area contributed by atoms with Crippen LogP contribution in [0.25, 0.3) is 0 Å². The van der Waals surface area contributed by atoms with Gasteiger partial charge < -0.3 is 10.3 Å². The van der Waals surface area contributed by atoms with Crippen molar-refractivity contribution in [1.29, 1.82) is 5.26 Å². The number of nitriles is 1. The summed E-state index contributed by atoms with van der Waals surface area (Å²) in [5, 5.41) is 12.7. The van der Waals surface area contributed by atoms with Gasteiger partial charge in [0.25, 0.3) is 11.7 Å². The van der Waals surface area contributed by atoms with Gasteiger partial charge in [-0.05, 0) is 43.1 Å². The summed E-state index contributed by atoms with van der Waals surface area (Å²) < 4.78 is 18.6. The molecule has 1 saturated heterocycles. The number of hydrogen-bond donors (Lipinski definition) is 1. The minimum absolute atomic E-state index is 0.157. The van der Waals surface area contributed by atoms with Gasteiger partial charge in [-0.25, -0.2) is 4.39 Å². The van der Waals surface area contributed by atoms with E-state index >= 15 is 0 Å². The quantitative estimate of drug-likeness (QED) is 0.916. The number of benzene rings is 1. The zero-order chi connectivity index (χ0) is 16.4. The molecule has 2 heterocycles. The van der Waals surface area contributed by atoms with E-state index in [1.165, 1.54) is 18.2 Å². The lowest BCUT2D eigenvalue weighted by atomic mass is 10.1. The minimum Gasteiger partial charge on any atom is -0.363 e. The Bertz CT molecular complexity index is 782. The second-order valence-corrected chi connectivity index (χ2v) is 5.36. The van der Waals surface area contributed by atoms with Crippen molar-refractivity contribution in [2.45, 2.75) is 25.4 Å². The molecule has 1 aliphatic rings. The number of nitrogens with zero attached hydrogens (tertiary/aromatic N) is 4. The summed E-state index contributed by atoms with van der Waals surface area (Å²) in [6.45, 7) is 1.14. The molecule has 1 amide bonds. The molecule has 7 nitrogen and oxygen atoms in total. The van der Waals surface area contributed by atoms with Gasteiger partial charge in [0.15, 0.2) is 0 Å². The van der Waals surface area contributed by atoms with E-state index in [9.17, 15) is 9.18 Å². The van der Waals surface area contributed by atoms with Crippen molar-refractivity contribution in [3.05, 3.63) is 46.9 Å². The molecule has 0 saturated carbocycles. The van der Waals surface area contributed by atoms with Gasteiger partial charge in [-0.1, -0.05) is 5.16 Å². The Morgan fingerprint density at radius 3 is 3.09 bits per heavy atom. The van der Waals surface area contributed by atoms with Crippen molar-refractivity contribution in [3.63, 3.8) is 0 Å². The molecule has 0 bridgehead atoms. The van der Waals surface area contributed by atoms with Crippen molar-refractivity contribution in [2.24, 2.45) is 5.73 Å². The van der Waals surface area contributed by atoms with Crippen LogP contribution in [0.2, 0.25) is 0 Å². The Morgan fingerprint density at radius 2 is 2.39 bits per heavy atom. The highest BCUT2D eigenvalue weighted by Gasteiger charge is 2.31. The van der Waals surface area contributed by atoms with E-state index in [-0.39, 0.29) is 17.7 Å². The summed E-state index contributed by atoms with van der Waals surface area (Å²) in [4.78, 5) is 17.1. The Labute approximate surface area is 131 Å². The molecule has 1 atom stereocenters. The maximum absolute atomic E-state index is 13.4. The van der Waals surface area contributed by atoms with Crippen molar-refractivity contribution < 1.29 is 13.7 Å². The third-order valence-corrected chi connectivity index (χ3v) is 3.87. The molecule has 0 aliphatic carbocycles. The van der Waals surface area contributed by atoms with Crippen molar-refractivity contribution >= 4 is 5.91 Å². The van der Waals surface area contributed by atoms with Crippen molar-refractivity contribution in [2.75, 3.05) is 6.54 Å². The standard InChI is InChI=1S/C15H14FN5O2/c16-11-4-3-9(7-17)10(6-11)8-21-5-1-2-12(21)15-19-14(13(18)22)20-23-15/h3-4,6,12H,1-2,5,8H2,(H2,18,22)/t12-/m0/s1. The third-order valence-electron chi connectivity index (χ3n) is 3.87. The molecule has 0 spiro atoms. The molecule has 1 aromatic carbocycles. The van der Waals surface area contributed by atoms with Crippen LogP contribution in [0.3, 0.4) is 0 Å². The summed E-state index contributed by atoms with van der Waals surface area (Å²) in [6.07, 6.45) is 1.67. The first-order valence-electron chi connectivity index (χ1n) is 7.14. The van der Waals surface area contributed by atoms with Crippen LogP contribution in [-0.2, 0) is 6.54 Å². The van der Waals surface area contributed by atoms with Crippen LogP contribution in [0.4, 0.5) is 4.39 Å². The number of amides is 1. The summed E-state index contributed by atoms with van der Waals surface area (Å²) in [5.41, 5.74) is 6.16. The Balaban J connectivity index is 1.83. The van der Waals surface area contributed by atoms with Crippen LogP contribution in [0, 0.1) is 17.1 Å². The summed E-state index contributed by atoms with van der Waals surface area (Å²) >= 11 is 0. The molecule has 2 aromatic rings. The lowest BCUT2D eigenvalue weighted by Gasteiger charge is -2.22. The van der Waals surface area contributed by atoms with Crippen LogP contribution < -0.4 is 5.73 Å². The average molecular weight is 315 g/mol. The molecular weight excluding hydrogens is 301 g/mol. The lowest BCUT2D eigenvalue weighted by molar-refractivity contribution is 0.0987. The smallest absolute Gasteiger partial charge is 0.290 e. The van der Waals surface area contributed by atoms with E-state index in [0.717, 1.165) is 19.4 Å².